The van der Waals surface area contributed by atoms with E-state index in [0.717, 1.165) is 31.9 Å². The van der Waals surface area contributed by atoms with Crippen molar-refractivity contribution in [1.82, 2.24) is 19.4 Å². The predicted molar refractivity (Wildman–Crippen MR) is 119 cm³/mol. The van der Waals surface area contributed by atoms with E-state index in [-0.39, 0.29) is 17.0 Å². The van der Waals surface area contributed by atoms with E-state index in [4.69, 9.17) is 4.74 Å². The Bertz CT molecular complexity index is 1050. The van der Waals surface area contributed by atoms with Crippen LogP contribution in [0.1, 0.15) is 5.56 Å². The topological polar surface area (TPSA) is 94.5 Å². The van der Waals surface area contributed by atoms with E-state index in [1.807, 2.05) is 23.4 Å². The molecule has 10 heteroatoms. The Morgan fingerprint density at radius 3 is 2.56 bits per heavy atom. The molecule has 1 N–H and O–H groups in total. The number of benzene rings is 1. The molecule has 1 unspecified atom stereocenters. The first-order valence-electron chi connectivity index (χ1n) is 10.9. The molecular weight excluding hydrogens is 430 g/mol. The number of nitrogens with zero attached hydrogens (tertiary/aromatic N) is 4. The number of hydrogen-bond acceptors (Lipinski definition) is 7. The summed E-state index contributed by atoms with van der Waals surface area (Å²) in [6.07, 6.45) is 7.34. The van der Waals surface area contributed by atoms with E-state index in [0.29, 0.717) is 37.8 Å². The Hall–Kier alpha value is -2.53. The van der Waals surface area contributed by atoms with Crippen LogP contribution in [0.3, 0.4) is 0 Å². The fourth-order valence-corrected chi connectivity index (χ4v) is 5.66. The Morgan fingerprint density at radius 2 is 1.88 bits per heavy atom. The molecule has 4 heterocycles. The molecule has 1 amide bonds. The Balaban J connectivity index is 1.15. The fourth-order valence-electron chi connectivity index (χ4n) is 4.23. The standard InChI is InChI=1S/C22H27N5O4S/c28-22(18-3-6-21-23-7-8-26(21)14-18)24-13-17-1-4-20(5-2-17)32(29,30)27-11-9-25(10-12-27)19-15-31-16-19/h1-7,14,19,21H,8-13,15-16H2,(H,24,28). The molecule has 9 nitrogen and oxygen atoms in total. The van der Waals surface area contributed by atoms with Gasteiger partial charge in [0, 0.05) is 45.1 Å². The maximum Gasteiger partial charge on any atom is 0.253 e. The molecule has 1 atom stereocenters. The first-order valence-corrected chi connectivity index (χ1v) is 12.3. The van der Waals surface area contributed by atoms with Crippen LogP contribution in [0.4, 0.5) is 0 Å². The number of piperazine rings is 1. The largest absolute Gasteiger partial charge is 0.378 e. The summed E-state index contributed by atoms with van der Waals surface area (Å²) in [6, 6.07) is 7.18. The highest BCUT2D eigenvalue weighted by Crippen LogP contribution is 2.21. The highest BCUT2D eigenvalue weighted by atomic mass is 32.2. The third-order valence-electron chi connectivity index (χ3n) is 6.33. The Labute approximate surface area is 188 Å². The van der Waals surface area contributed by atoms with Gasteiger partial charge in [-0.25, -0.2) is 8.42 Å². The molecule has 0 aromatic heterocycles. The minimum Gasteiger partial charge on any atom is -0.378 e. The molecule has 0 saturated carbocycles. The minimum atomic E-state index is -3.52. The van der Waals surface area contributed by atoms with Gasteiger partial charge in [-0.1, -0.05) is 12.1 Å². The third kappa shape index (κ3) is 4.23. The summed E-state index contributed by atoms with van der Waals surface area (Å²) in [5, 5.41) is 2.90. The third-order valence-corrected chi connectivity index (χ3v) is 8.24. The average Bonchev–Trinajstić information content (AvgIpc) is 3.25. The van der Waals surface area contributed by atoms with Crippen LogP contribution in [0.25, 0.3) is 0 Å². The van der Waals surface area contributed by atoms with Crippen molar-refractivity contribution in [2.24, 2.45) is 4.99 Å². The van der Waals surface area contributed by atoms with Gasteiger partial charge in [0.05, 0.1) is 36.3 Å². The summed E-state index contributed by atoms with van der Waals surface area (Å²) < 4.78 is 32.8. The summed E-state index contributed by atoms with van der Waals surface area (Å²) in [5.41, 5.74) is 1.42. The van der Waals surface area contributed by atoms with Crippen molar-refractivity contribution in [2.45, 2.75) is 23.6 Å². The molecule has 4 aliphatic heterocycles. The zero-order valence-corrected chi connectivity index (χ0v) is 18.6. The lowest BCUT2D eigenvalue weighted by Crippen LogP contribution is -2.57. The summed E-state index contributed by atoms with van der Waals surface area (Å²) in [6.45, 7) is 4.94. The minimum absolute atomic E-state index is 0.00348. The van der Waals surface area contributed by atoms with Gasteiger partial charge in [0.15, 0.2) is 0 Å². The second-order valence-corrected chi connectivity index (χ2v) is 10.3. The van der Waals surface area contributed by atoms with Gasteiger partial charge >= 0.3 is 0 Å². The highest BCUT2D eigenvalue weighted by molar-refractivity contribution is 7.89. The molecule has 1 aromatic carbocycles. The van der Waals surface area contributed by atoms with Crippen molar-refractivity contribution in [3.05, 3.63) is 53.8 Å². The van der Waals surface area contributed by atoms with Crippen LogP contribution in [-0.4, -0.2) is 92.8 Å². The number of carbonyl (C=O) groups is 1. The molecule has 0 spiro atoms. The van der Waals surface area contributed by atoms with Crippen molar-refractivity contribution in [2.75, 3.05) is 45.9 Å². The second kappa shape index (κ2) is 8.78. The number of aliphatic imine (C=N–C) groups is 1. The van der Waals surface area contributed by atoms with Crippen LogP contribution in [0.5, 0.6) is 0 Å². The molecule has 4 aliphatic rings. The van der Waals surface area contributed by atoms with Crippen molar-refractivity contribution in [3.63, 3.8) is 0 Å². The summed E-state index contributed by atoms with van der Waals surface area (Å²) in [4.78, 5) is 21.4. The van der Waals surface area contributed by atoms with Crippen LogP contribution in [-0.2, 0) is 26.1 Å². The van der Waals surface area contributed by atoms with E-state index in [1.165, 1.54) is 0 Å². The van der Waals surface area contributed by atoms with Crippen molar-refractivity contribution in [1.29, 1.82) is 0 Å². The van der Waals surface area contributed by atoms with Gasteiger partial charge in [-0.3, -0.25) is 14.7 Å². The average molecular weight is 458 g/mol. The first kappa shape index (κ1) is 21.3. The molecule has 0 radical (unpaired) electrons. The number of carbonyl (C=O) groups excluding carboxylic acids is 1. The van der Waals surface area contributed by atoms with Crippen LogP contribution in [0.15, 0.2) is 58.1 Å². The molecule has 1 aromatic rings. The fraction of sp³-hybridized carbons (Fsp3) is 0.455. The monoisotopic (exact) mass is 457 g/mol. The zero-order chi connectivity index (χ0) is 22.1. The van der Waals surface area contributed by atoms with E-state index in [2.05, 4.69) is 15.2 Å². The molecule has 5 rings (SSSR count). The number of amides is 1. The quantitative estimate of drug-likeness (QED) is 0.655. The number of sulfonamides is 1. The molecule has 2 fully saturated rings. The van der Waals surface area contributed by atoms with Gasteiger partial charge in [0.1, 0.15) is 6.17 Å². The Kier molecular flexibility index (Phi) is 5.85. The van der Waals surface area contributed by atoms with Crippen LogP contribution in [0, 0.1) is 0 Å². The Morgan fingerprint density at radius 1 is 1.12 bits per heavy atom. The van der Waals surface area contributed by atoms with Gasteiger partial charge in [0.2, 0.25) is 10.0 Å². The molecule has 0 bridgehead atoms. The lowest BCUT2D eigenvalue weighted by molar-refractivity contribution is -0.117. The zero-order valence-electron chi connectivity index (χ0n) is 17.8. The van der Waals surface area contributed by atoms with Crippen LogP contribution < -0.4 is 5.32 Å². The smallest absolute Gasteiger partial charge is 0.253 e. The van der Waals surface area contributed by atoms with Gasteiger partial charge in [-0.05, 0) is 29.8 Å². The first-order chi connectivity index (χ1) is 15.5. The normalized spacial score (nSPS) is 24.2. The van der Waals surface area contributed by atoms with Gasteiger partial charge in [0.25, 0.3) is 5.91 Å². The van der Waals surface area contributed by atoms with Crippen molar-refractivity contribution in [3.8, 4) is 0 Å². The lowest BCUT2D eigenvalue weighted by Gasteiger charge is -2.42. The highest BCUT2D eigenvalue weighted by Gasteiger charge is 2.33. The summed E-state index contributed by atoms with van der Waals surface area (Å²) in [5.74, 6) is -0.168. The summed E-state index contributed by atoms with van der Waals surface area (Å²) >= 11 is 0. The molecule has 0 aliphatic carbocycles. The number of ether oxygens (including phenoxy) is 1. The van der Waals surface area contributed by atoms with Crippen molar-refractivity contribution < 1.29 is 17.9 Å². The van der Waals surface area contributed by atoms with Gasteiger partial charge in [-0.2, -0.15) is 4.31 Å². The second-order valence-electron chi connectivity index (χ2n) is 8.34. The number of rotatable bonds is 6. The van der Waals surface area contributed by atoms with Crippen LogP contribution >= 0.6 is 0 Å². The SMILES string of the molecule is O=C(NCc1ccc(S(=O)(=O)N2CCN(C3COC3)CC2)cc1)C1=CN2CC=NC2C=C1. The molecule has 32 heavy (non-hydrogen) atoms. The van der Waals surface area contributed by atoms with Gasteiger partial charge in [-0.15, -0.1) is 0 Å². The van der Waals surface area contributed by atoms with Crippen LogP contribution in [0.2, 0.25) is 0 Å². The van der Waals surface area contributed by atoms with E-state index in [9.17, 15) is 13.2 Å². The molecule has 2 saturated heterocycles. The van der Waals surface area contributed by atoms with E-state index < -0.39 is 10.0 Å². The van der Waals surface area contributed by atoms with E-state index in [1.54, 1.807) is 34.6 Å². The summed E-state index contributed by atoms with van der Waals surface area (Å²) in [7, 11) is -3.52. The maximum absolute atomic E-state index is 13.0. The lowest BCUT2D eigenvalue weighted by atomic mass is 10.1. The maximum atomic E-state index is 13.0. The molecule has 170 valence electrons. The van der Waals surface area contributed by atoms with Crippen molar-refractivity contribution >= 4 is 22.1 Å². The van der Waals surface area contributed by atoms with Gasteiger partial charge < -0.3 is 15.0 Å². The predicted octanol–water partition coefficient (Wildman–Crippen LogP) is 0.174. The molecular formula is C22H27N5O4S. The number of nitrogens with one attached hydrogen (secondary N) is 1. The van der Waals surface area contributed by atoms with E-state index >= 15 is 0 Å². The number of hydrogen-bond donors (Lipinski definition) is 1. The number of fused-ring (bicyclic) bond motifs is 1.